The standard InChI is InChI=1S/C15H14Cl2N2OS/c16-11-6-7-14(13(17)10-11)19-15(20)18-8-9-21-12-4-2-1-3-5-12/h1-7,10H,8-9H2,(H2,18,19,20). The van der Waals surface area contributed by atoms with E-state index in [-0.39, 0.29) is 6.03 Å². The molecule has 0 aliphatic rings. The number of halogens is 2. The van der Waals surface area contributed by atoms with Crippen molar-refractivity contribution in [2.24, 2.45) is 0 Å². The molecule has 0 aliphatic carbocycles. The fourth-order valence-electron chi connectivity index (χ4n) is 1.61. The monoisotopic (exact) mass is 340 g/mol. The highest BCUT2D eigenvalue weighted by Gasteiger charge is 2.05. The lowest BCUT2D eigenvalue weighted by molar-refractivity contribution is 0.252. The Morgan fingerprint density at radius 1 is 1.10 bits per heavy atom. The molecule has 0 aliphatic heterocycles. The Morgan fingerprint density at radius 3 is 2.57 bits per heavy atom. The Morgan fingerprint density at radius 2 is 1.86 bits per heavy atom. The van der Waals surface area contributed by atoms with E-state index in [1.807, 2.05) is 30.3 Å². The van der Waals surface area contributed by atoms with Gasteiger partial charge in [0.2, 0.25) is 0 Å². The van der Waals surface area contributed by atoms with Gasteiger partial charge in [-0.25, -0.2) is 4.79 Å². The minimum atomic E-state index is -0.284. The van der Waals surface area contributed by atoms with E-state index in [9.17, 15) is 4.79 Å². The number of urea groups is 1. The minimum Gasteiger partial charge on any atom is -0.337 e. The van der Waals surface area contributed by atoms with Crippen LogP contribution in [0, 0.1) is 0 Å². The molecule has 6 heteroatoms. The second-order valence-electron chi connectivity index (χ2n) is 4.17. The number of carbonyl (C=O) groups is 1. The normalized spacial score (nSPS) is 10.2. The molecule has 2 amide bonds. The van der Waals surface area contributed by atoms with Crippen LogP contribution in [0.2, 0.25) is 10.0 Å². The topological polar surface area (TPSA) is 41.1 Å². The molecule has 3 nitrogen and oxygen atoms in total. The van der Waals surface area contributed by atoms with Crippen molar-refractivity contribution < 1.29 is 4.79 Å². The summed E-state index contributed by atoms with van der Waals surface area (Å²) in [5.41, 5.74) is 0.536. The van der Waals surface area contributed by atoms with Gasteiger partial charge in [0.25, 0.3) is 0 Å². The maximum atomic E-state index is 11.7. The van der Waals surface area contributed by atoms with Crippen molar-refractivity contribution in [3.05, 3.63) is 58.6 Å². The first kappa shape index (κ1) is 16.0. The van der Waals surface area contributed by atoms with Gasteiger partial charge in [0.1, 0.15) is 0 Å². The van der Waals surface area contributed by atoms with Crippen LogP contribution < -0.4 is 10.6 Å². The number of amides is 2. The van der Waals surface area contributed by atoms with Crippen molar-refractivity contribution in [3.8, 4) is 0 Å². The Labute approximate surface area is 138 Å². The SMILES string of the molecule is O=C(NCCSc1ccccc1)Nc1ccc(Cl)cc1Cl. The summed E-state index contributed by atoms with van der Waals surface area (Å²) in [6, 6.07) is 14.7. The highest BCUT2D eigenvalue weighted by molar-refractivity contribution is 7.99. The van der Waals surface area contributed by atoms with Gasteiger partial charge < -0.3 is 10.6 Å². The molecular formula is C15H14Cl2N2OS. The Bertz CT molecular complexity index is 608. The number of carbonyl (C=O) groups excluding carboxylic acids is 1. The lowest BCUT2D eigenvalue weighted by Crippen LogP contribution is -2.30. The predicted molar refractivity (Wildman–Crippen MR) is 90.6 cm³/mol. The van der Waals surface area contributed by atoms with Crippen LogP contribution >= 0.6 is 35.0 Å². The molecule has 0 saturated carbocycles. The number of hydrogen-bond acceptors (Lipinski definition) is 2. The molecule has 110 valence electrons. The van der Waals surface area contributed by atoms with E-state index in [1.165, 1.54) is 4.90 Å². The van der Waals surface area contributed by atoms with Crippen LogP contribution in [-0.2, 0) is 0 Å². The van der Waals surface area contributed by atoms with Crippen molar-refractivity contribution in [1.82, 2.24) is 5.32 Å². The van der Waals surface area contributed by atoms with E-state index in [1.54, 1.807) is 30.0 Å². The van der Waals surface area contributed by atoms with Crippen LogP contribution in [0.3, 0.4) is 0 Å². The third kappa shape index (κ3) is 5.50. The molecule has 2 aromatic rings. The molecule has 0 saturated heterocycles. The van der Waals surface area contributed by atoms with Gasteiger partial charge in [-0.2, -0.15) is 0 Å². The van der Waals surface area contributed by atoms with Crippen LogP contribution in [0.1, 0.15) is 0 Å². The maximum absolute atomic E-state index is 11.7. The summed E-state index contributed by atoms with van der Waals surface area (Å²) in [4.78, 5) is 12.9. The summed E-state index contributed by atoms with van der Waals surface area (Å²) in [7, 11) is 0. The second-order valence-corrected chi connectivity index (χ2v) is 6.18. The van der Waals surface area contributed by atoms with E-state index in [0.29, 0.717) is 22.3 Å². The Balaban J connectivity index is 1.72. The van der Waals surface area contributed by atoms with E-state index in [2.05, 4.69) is 10.6 Å². The fraction of sp³-hybridized carbons (Fsp3) is 0.133. The van der Waals surface area contributed by atoms with Crippen LogP contribution in [0.4, 0.5) is 10.5 Å². The van der Waals surface area contributed by atoms with Crippen molar-refractivity contribution in [3.63, 3.8) is 0 Å². The summed E-state index contributed by atoms with van der Waals surface area (Å²) in [5, 5.41) is 6.41. The maximum Gasteiger partial charge on any atom is 0.319 e. The fourth-order valence-corrected chi connectivity index (χ4v) is 2.85. The Hall–Kier alpha value is -1.36. The van der Waals surface area contributed by atoms with Gasteiger partial charge in [-0.1, -0.05) is 41.4 Å². The van der Waals surface area contributed by atoms with Gasteiger partial charge in [0, 0.05) is 22.2 Å². The lowest BCUT2D eigenvalue weighted by atomic mass is 10.3. The zero-order chi connectivity index (χ0) is 15.1. The average molecular weight is 341 g/mol. The van der Waals surface area contributed by atoms with Crippen LogP contribution in [-0.4, -0.2) is 18.3 Å². The smallest absolute Gasteiger partial charge is 0.319 e. The highest BCUT2D eigenvalue weighted by Crippen LogP contribution is 2.25. The third-order valence-electron chi connectivity index (χ3n) is 2.58. The summed E-state index contributed by atoms with van der Waals surface area (Å²) in [6.45, 7) is 0.566. The van der Waals surface area contributed by atoms with Crippen molar-refractivity contribution >= 4 is 46.7 Å². The first-order chi connectivity index (χ1) is 10.1. The first-order valence-corrected chi connectivity index (χ1v) is 8.07. The molecule has 0 radical (unpaired) electrons. The van der Waals surface area contributed by atoms with Crippen LogP contribution in [0.25, 0.3) is 0 Å². The molecule has 0 fully saturated rings. The number of anilines is 1. The van der Waals surface area contributed by atoms with Crippen molar-refractivity contribution in [1.29, 1.82) is 0 Å². The molecule has 0 bridgehead atoms. The zero-order valence-corrected chi connectivity index (χ0v) is 13.4. The van der Waals surface area contributed by atoms with Gasteiger partial charge in [0.15, 0.2) is 0 Å². The van der Waals surface area contributed by atoms with E-state index >= 15 is 0 Å². The molecule has 0 heterocycles. The van der Waals surface area contributed by atoms with Gasteiger partial charge >= 0.3 is 6.03 Å². The van der Waals surface area contributed by atoms with Gasteiger partial charge in [-0.3, -0.25) is 0 Å². The summed E-state index contributed by atoms with van der Waals surface area (Å²) in [5.74, 6) is 0.797. The Kier molecular flexibility index (Phi) is 6.23. The molecule has 0 spiro atoms. The second kappa shape index (κ2) is 8.17. The van der Waals surface area contributed by atoms with E-state index in [4.69, 9.17) is 23.2 Å². The molecule has 21 heavy (non-hydrogen) atoms. The van der Waals surface area contributed by atoms with Gasteiger partial charge in [-0.05, 0) is 30.3 Å². The first-order valence-electron chi connectivity index (χ1n) is 6.33. The van der Waals surface area contributed by atoms with Gasteiger partial charge in [0.05, 0.1) is 10.7 Å². The van der Waals surface area contributed by atoms with Crippen molar-refractivity contribution in [2.75, 3.05) is 17.6 Å². The minimum absolute atomic E-state index is 0.284. The number of rotatable bonds is 5. The predicted octanol–water partition coefficient (Wildman–Crippen LogP) is 4.91. The molecule has 0 aromatic heterocycles. The molecule has 0 atom stereocenters. The lowest BCUT2D eigenvalue weighted by Gasteiger charge is -2.09. The van der Waals surface area contributed by atoms with Gasteiger partial charge in [-0.15, -0.1) is 11.8 Å². The molecule has 2 rings (SSSR count). The number of hydrogen-bond donors (Lipinski definition) is 2. The summed E-state index contributed by atoms with van der Waals surface area (Å²) < 4.78 is 0. The van der Waals surface area contributed by atoms with E-state index < -0.39 is 0 Å². The summed E-state index contributed by atoms with van der Waals surface area (Å²) >= 11 is 13.5. The average Bonchev–Trinajstić information content (AvgIpc) is 2.48. The van der Waals surface area contributed by atoms with Crippen LogP contribution in [0.15, 0.2) is 53.4 Å². The number of nitrogens with one attached hydrogen (secondary N) is 2. The van der Waals surface area contributed by atoms with Crippen molar-refractivity contribution in [2.45, 2.75) is 4.90 Å². The summed E-state index contributed by atoms with van der Waals surface area (Å²) in [6.07, 6.45) is 0. The van der Waals surface area contributed by atoms with Crippen LogP contribution in [0.5, 0.6) is 0 Å². The molecular weight excluding hydrogens is 327 g/mol. The number of benzene rings is 2. The zero-order valence-electron chi connectivity index (χ0n) is 11.1. The van der Waals surface area contributed by atoms with E-state index in [0.717, 1.165) is 5.75 Å². The molecule has 0 unspecified atom stereocenters. The molecule has 2 N–H and O–H groups in total. The third-order valence-corrected chi connectivity index (χ3v) is 4.14. The molecule has 2 aromatic carbocycles. The quantitative estimate of drug-likeness (QED) is 0.599. The number of thioether (sulfide) groups is 1. The largest absolute Gasteiger partial charge is 0.337 e. The highest BCUT2D eigenvalue weighted by atomic mass is 35.5.